The molecule has 0 bridgehead atoms. The van der Waals surface area contributed by atoms with E-state index < -0.39 is 10.0 Å². The lowest BCUT2D eigenvalue weighted by atomic mass is 10.3. The lowest BCUT2D eigenvalue weighted by Gasteiger charge is -2.19. The number of hydrogen-bond donors (Lipinski definition) is 1. The molecule has 1 saturated heterocycles. The minimum Gasteiger partial charge on any atom is -0.292 e. The molecule has 22 heavy (non-hydrogen) atoms. The highest BCUT2D eigenvalue weighted by molar-refractivity contribution is 7.89. The second-order valence-corrected chi connectivity index (χ2v) is 6.52. The lowest BCUT2D eigenvalue weighted by molar-refractivity contribution is 0.256. The maximum absolute atomic E-state index is 12.5. The summed E-state index contributed by atoms with van der Waals surface area (Å²) in [6, 6.07) is 15.3. The molecule has 0 atom stereocenters. The number of anilines is 2. The molecule has 1 aliphatic heterocycles. The zero-order chi connectivity index (χ0) is 15.7. The molecule has 1 heterocycles. The van der Waals surface area contributed by atoms with Crippen LogP contribution in [0.1, 0.15) is 0 Å². The topological polar surface area (TPSA) is 83.7 Å². The van der Waals surface area contributed by atoms with Crippen molar-refractivity contribution in [1.82, 2.24) is 0 Å². The van der Waals surface area contributed by atoms with Gasteiger partial charge >= 0.3 is 6.03 Å². The number of rotatable bonds is 3. The van der Waals surface area contributed by atoms with Gasteiger partial charge in [-0.2, -0.15) is 0 Å². The molecule has 3 rings (SSSR count). The van der Waals surface area contributed by atoms with E-state index in [0.29, 0.717) is 18.8 Å². The van der Waals surface area contributed by atoms with Gasteiger partial charge in [0.25, 0.3) is 0 Å². The summed E-state index contributed by atoms with van der Waals surface area (Å²) in [6.07, 6.45) is 0. The van der Waals surface area contributed by atoms with E-state index in [1.54, 1.807) is 21.9 Å². The number of amides is 2. The molecule has 0 aliphatic carbocycles. The molecule has 2 aromatic carbocycles. The Morgan fingerprint density at radius 1 is 0.818 bits per heavy atom. The summed E-state index contributed by atoms with van der Waals surface area (Å²) in [4.78, 5) is 15.8. The summed E-state index contributed by atoms with van der Waals surface area (Å²) in [5.41, 5.74) is 1.49. The summed E-state index contributed by atoms with van der Waals surface area (Å²) in [5.74, 6) is 0. The molecule has 7 heteroatoms. The highest BCUT2D eigenvalue weighted by atomic mass is 32.2. The Kier molecular flexibility index (Phi) is 3.59. The van der Waals surface area contributed by atoms with Crippen LogP contribution in [0.5, 0.6) is 0 Å². The van der Waals surface area contributed by atoms with Crippen LogP contribution in [0.3, 0.4) is 0 Å². The van der Waals surface area contributed by atoms with Crippen LogP contribution in [0.15, 0.2) is 59.5 Å². The fourth-order valence-electron chi connectivity index (χ4n) is 2.44. The molecule has 114 valence electrons. The first-order chi connectivity index (χ1) is 10.5. The van der Waals surface area contributed by atoms with Crippen LogP contribution >= 0.6 is 0 Å². The number of benzene rings is 2. The average molecular weight is 317 g/mol. The van der Waals surface area contributed by atoms with E-state index in [0.717, 1.165) is 5.69 Å². The molecule has 6 nitrogen and oxygen atoms in total. The first-order valence-electron chi connectivity index (χ1n) is 6.74. The van der Waals surface area contributed by atoms with E-state index in [-0.39, 0.29) is 10.9 Å². The van der Waals surface area contributed by atoms with Gasteiger partial charge in [0.1, 0.15) is 0 Å². The van der Waals surface area contributed by atoms with Crippen molar-refractivity contribution in [3.05, 3.63) is 54.6 Å². The normalized spacial score (nSPS) is 15.4. The minimum absolute atomic E-state index is 0.0304. The quantitative estimate of drug-likeness (QED) is 0.936. The van der Waals surface area contributed by atoms with E-state index in [2.05, 4.69) is 0 Å². The van der Waals surface area contributed by atoms with Gasteiger partial charge in [0.15, 0.2) is 0 Å². The Hall–Kier alpha value is -2.38. The second-order valence-electron chi connectivity index (χ2n) is 4.96. The standard InChI is InChI=1S/C15H15N3O3S/c16-22(20,21)14-8-6-13(7-9-14)18-11-10-17(15(18)19)12-4-2-1-3-5-12/h1-9H,10-11H2,(H2,16,20,21). The number of para-hydroxylation sites is 1. The molecule has 0 spiro atoms. The van der Waals surface area contributed by atoms with Crippen LogP contribution in [0.25, 0.3) is 0 Å². The molecule has 0 radical (unpaired) electrons. The number of carbonyl (C=O) groups is 1. The average Bonchev–Trinajstić information content (AvgIpc) is 2.89. The van der Waals surface area contributed by atoms with Crippen molar-refractivity contribution in [2.45, 2.75) is 4.90 Å². The van der Waals surface area contributed by atoms with Crippen molar-refractivity contribution < 1.29 is 13.2 Å². The third-order valence-electron chi connectivity index (χ3n) is 3.55. The predicted octanol–water partition coefficient (Wildman–Crippen LogP) is 1.78. The van der Waals surface area contributed by atoms with E-state index in [1.807, 2.05) is 30.3 Å². The molecular weight excluding hydrogens is 302 g/mol. The SMILES string of the molecule is NS(=O)(=O)c1ccc(N2CCN(c3ccccc3)C2=O)cc1. The third-order valence-corrected chi connectivity index (χ3v) is 4.48. The van der Waals surface area contributed by atoms with Crippen LogP contribution < -0.4 is 14.9 Å². The summed E-state index contributed by atoms with van der Waals surface area (Å²) in [5, 5.41) is 5.07. The number of nitrogens with two attached hydrogens (primary N) is 1. The highest BCUT2D eigenvalue weighted by Crippen LogP contribution is 2.25. The van der Waals surface area contributed by atoms with Crippen molar-refractivity contribution in [3.63, 3.8) is 0 Å². The number of nitrogens with zero attached hydrogens (tertiary/aromatic N) is 2. The fourth-order valence-corrected chi connectivity index (χ4v) is 2.96. The zero-order valence-corrected chi connectivity index (χ0v) is 12.5. The van der Waals surface area contributed by atoms with Gasteiger partial charge in [-0.15, -0.1) is 0 Å². The number of hydrogen-bond acceptors (Lipinski definition) is 3. The Bertz CT molecular complexity index is 789. The molecule has 0 aromatic heterocycles. The number of primary sulfonamides is 1. The van der Waals surface area contributed by atoms with Gasteiger partial charge in [0.05, 0.1) is 4.90 Å². The molecule has 1 aliphatic rings. The third kappa shape index (κ3) is 2.68. The van der Waals surface area contributed by atoms with Gasteiger partial charge in [-0.1, -0.05) is 18.2 Å². The molecule has 0 unspecified atom stereocenters. The highest BCUT2D eigenvalue weighted by Gasteiger charge is 2.30. The largest absolute Gasteiger partial charge is 0.329 e. The van der Waals surface area contributed by atoms with E-state index >= 15 is 0 Å². The number of sulfonamides is 1. The minimum atomic E-state index is -3.72. The zero-order valence-electron chi connectivity index (χ0n) is 11.7. The van der Waals surface area contributed by atoms with Crippen LogP contribution in [0, 0.1) is 0 Å². The summed E-state index contributed by atoms with van der Waals surface area (Å²) < 4.78 is 22.5. The van der Waals surface area contributed by atoms with Crippen molar-refractivity contribution in [2.75, 3.05) is 22.9 Å². The van der Waals surface area contributed by atoms with Gasteiger partial charge in [0, 0.05) is 24.5 Å². The molecule has 0 saturated carbocycles. The summed E-state index contributed by atoms with van der Waals surface area (Å²) in [7, 11) is -3.72. The maximum atomic E-state index is 12.5. The van der Waals surface area contributed by atoms with Gasteiger partial charge in [-0.3, -0.25) is 9.80 Å². The molecule has 2 aromatic rings. The second kappa shape index (κ2) is 5.43. The molecule has 1 fully saturated rings. The molecule has 2 amide bonds. The molecular formula is C15H15N3O3S. The van der Waals surface area contributed by atoms with Crippen molar-refractivity contribution >= 4 is 27.4 Å². The van der Waals surface area contributed by atoms with Gasteiger partial charge in [-0.25, -0.2) is 18.4 Å². The van der Waals surface area contributed by atoms with E-state index in [1.165, 1.54) is 12.1 Å². The summed E-state index contributed by atoms with van der Waals surface area (Å²) >= 11 is 0. The smallest absolute Gasteiger partial charge is 0.292 e. The van der Waals surface area contributed by atoms with Crippen LogP contribution in [-0.2, 0) is 10.0 Å². The number of urea groups is 1. The van der Waals surface area contributed by atoms with E-state index in [9.17, 15) is 13.2 Å². The Balaban J connectivity index is 1.84. The fraction of sp³-hybridized carbons (Fsp3) is 0.133. The Morgan fingerprint density at radius 3 is 1.82 bits per heavy atom. The Morgan fingerprint density at radius 2 is 1.32 bits per heavy atom. The van der Waals surface area contributed by atoms with Crippen LogP contribution in [-0.4, -0.2) is 27.5 Å². The Labute approximate surface area is 128 Å². The predicted molar refractivity (Wildman–Crippen MR) is 84.3 cm³/mol. The summed E-state index contributed by atoms with van der Waals surface area (Å²) in [6.45, 7) is 1.13. The van der Waals surface area contributed by atoms with Crippen LogP contribution in [0.4, 0.5) is 16.2 Å². The maximum Gasteiger partial charge on any atom is 0.329 e. The first-order valence-corrected chi connectivity index (χ1v) is 8.28. The van der Waals surface area contributed by atoms with Crippen molar-refractivity contribution in [3.8, 4) is 0 Å². The van der Waals surface area contributed by atoms with Gasteiger partial charge in [-0.05, 0) is 36.4 Å². The number of carbonyl (C=O) groups excluding carboxylic acids is 1. The first kappa shape index (κ1) is 14.6. The van der Waals surface area contributed by atoms with Gasteiger partial charge < -0.3 is 0 Å². The van der Waals surface area contributed by atoms with Crippen molar-refractivity contribution in [2.24, 2.45) is 5.14 Å². The van der Waals surface area contributed by atoms with E-state index in [4.69, 9.17) is 5.14 Å². The van der Waals surface area contributed by atoms with Crippen LogP contribution in [0.2, 0.25) is 0 Å². The van der Waals surface area contributed by atoms with Gasteiger partial charge in [0.2, 0.25) is 10.0 Å². The lowest BCUT2D eigenvalue weighted by Crippen LogP contribution is -2.31. The van der Waals surface area contributed by atoms with Crippen molar-refractivity contribution in [1.29, 1.82) is 0 Å². The molecule has 2 N–H and O–H groups in total. The monoisotopic (exact) mass is 317 g/mol.